The maximum absolute atomic E-state index is 12.4. The van der Waals surface area contributed by atoms with E-state index in [0.717, 1.165) is 5.56 Å². The monoisotopic (exact) mass is 396 g/mol. The number of carbonyl (C=O) groups is 2. The van der Waals surface area contributed by atoms with Crippen molar-refractivity contribution < 1.29 is 22.7 Å². The van der Waals surface area contributed by atoms with Crippen LogP contribution in [0, 0.1) is 6.92 Å². The van der Waals surface area contributed by atoms with Gasteiger partial charge in [-0.25, -0.2) is 8.42 Å². The lowest BCUT2D eigenvalue weighted by Gasteiger charge is -2.10. The largest absolute Gasteiger partial charge is 0.468 e. The van der Waals surface area contributed by atoms with E-state index < -0.39 is 21.9 Å². The van der Waals surface area contributed by atoms with E-state index in [1.54, 1.807) is 19.1 Å². The number of esters is 1. The molecule has 1 amide bonds. The summed E-state index contributed by atoms with van der Waals surface area (Å²) in [7, 11) is -2.64. The SMILES string of the molecule is COC(=O)CNC(=O)c1ccc(NS(=O)(=O)c2ccc(C)cc2Cl)cc1. The predicted molar refractivity (Wildman–Crippen MR) is 97.8 cm³/mol. The second-order valence-electron chi connectivity index (χ2n) is 5.38. The quantitative estimate of drug-likeness (QED) is 0.730. The third kappa shape index (κ3) is 4.96. The highest BCUT2D eigenvalue weighted by molar-refractivity contribution is 7.92. The maximum Gasteiger partial charge on any atom is 0.325 e. The van der Waals surface area contributed by atoms with E-state index in [1.165, 1.54) is 37.4 Å². The van der Waals surface area contributed by atoms with Gasteiger partial charge in [-0.2, -0.15) is 0 Å². The van der Waals surface area contributed by atoms with Crippen LogP contribution in [0.25, 0.3) is 0 Å². The fraction of sp³-hybridized carbons (Fsp3) is 0.176. The molecular formula is C17H17ClN2O5S. The van der Waals surface area contributed by atoms with E-state index in [2.05, 4.69) is 14.8 Å². The number of anilines is 1. The Hall–Kier alpha value is -2.58. The van der Waals surface area contributed by atoms with Crippen molar-refractivity contribution in [2.24, 2.45) is 0 Å². The van der Waals surface area contributed by atoms with E-state index >= 15 is 0 Å². The van der Waals surface area contributed by atoms with Gasteiger partial charge in [0.25, 0.3) is 15.9 Å². The van der Waals surface area contributed by atoms with E-state index in [4.69, 9.17) is 11.6 Å². The molecule has 0 saturated carbocycles. The Kier molecular flexibility index (Phi) is 6.23. The highest BCUT2D eigenvalue weighted by atomic mass is 35.5. The van der Waals surface area contributed by atoms with Crippen molar-refractivity contribution in [3.05, 3.63) is 58.6 Å². The Labute approximate surface area is 156 Å². The summed E-state index contributed by atoms with van der Waals surface area (Å²) in [6.07, 6.45) is 0. The lowest BCUT2D eigenvalue weighted by atomic mass is 10.2. The van der Waals surface area contributed by atoms with Crippen LogP contribution in [-0.2, 0) is 19.6 Å². The molecule has 0 saturated heterocycles. The van der Waals surface area contributed by atoms with E-state index in [0.29, 0.717) is 0 Å². The minimum Gasteiger partial charge on any atom is -0.468 e. The van der Waals surface area contributed by atoms with Crippen LogP contribution in [0.5, 0.6) is 0 Å². The van der Waals surface area contributed by atoms with E-state index in [-0.39, 0.29) is 27.7 Å². The molecule has 2 aromatic carbocycles. The number of benzene rings is 2. The Morgan fingerprint density at radius 1 is 1.12 bits per heavy atom. The van der Waals surface area contributed by atoms with Gasteiger partial charge in [0.1, 0.15) is 11.4 Å². The highest BCUT2D eigenvalue weighted by Gasteiger charge is 2.18. The summed E-state index contributed by atoms with van der Waals surface area (Å²) in [6.45, 7) is 1.55. The molecule has 2 N–H and O–H groups in total. The van der Waals surface area contributed by atoms with E-state index in [1.807, 2.05) is 0 Å². The summed E-state index contributed by atoms with van der Waals surface area (Å²) in [5.41, 5.74) is 1.38. The molecule has 26 heavy (non-hydrogen) atoms. The van der Waals surface area contributed by atoms with Crippen molar-refractivity contribution in [2.75, 3.05) is 18.4 Å². The van der Waals surface area contributed by atoms with Gasteiger partial charge in [-0.15, -0.1) is 0 Å². The Morgan fingerprint density at radius 2 is 1.77 bits per heavy atom. The van der Waals surface area contributed by atoms with Crippen LogP contribution < -0.4 is 10.0 Å². The van der Waals surface area contributed by atoms with Crippen molar-refractivity contribution in [1.82, 2.24) is 5.32 Å². The van der Waals surface area contributed by atoms with Crippen molar-refractivity contribution in [1.29, 1.82) is 0 Å². The van der Waals surface area contributed by atoms with Crippen LogP contribution in [0.2, 0.25) is 5.02 Å². The van der Waals surface area contributed by atoms with Gasteiger partial charge >= 0.3 is 5.97 Å². The van der Waals surface area contributed by atoms with Gasteiger partial charge in [0.05, 0.1) is 12.1 Å². The first kappa shape index (κ1) is 19.7. The van der Waals surface area contributed by atoms with Gasteiger partial charge in [-0.1, -0.05) is 17.7 Å². The molecule has 138 valence electrons. The number of hydrogen-bond acceptors (Lipinski definition) is 5. The maximum atomic E-state index is 12.4. The van der Waals surface area contributed by atoms with Gasteiger partial charge in [0.15, 0.2) is 0 Å². The summed E-state index contributed by atoms with van der Waals surface area (Å²) < 4.78 is 31.7. The van der Waals surface area contributed by atoms with Crippen molar-refractivity contribution in [2.45, 2.75) is 11.8 Å². The van der Waals surface area contributed by atoms with Gasteiger partial charge < -0.3 is 10.1 Å². The Balaban J connectivity index is 2.11. The zero-order chi connectivity index (χ0) is 19.3. The van der Waals surface area contributed by atoms with Crippen LogP contribution in [0.4, 0.5) is 5.69 Å². The van der Waals surface area contributed by atoms with Gasteiger partial charge in [-0.05, 0) is 48.9 Å². The minimum absolute atomic E-state index is 0.0373. The predicted octanol–water partition coefficient (Wildman–Crippen LogP) is 2.35. The Bertz CT molecular complexity index is 927. The van der Waals surface area contributed by atoms with Gasteiger partial charge in [0, 0.05) is 11.3 Å². The summed E-state index contributed by atoms with van der Waals surface area (Å²) >= 11 is 6.01. The molecule has 0 bridgehead atoms. The molecule has 0 aliphatic rings. The summed E-state index contributed by atoms with van der Waals surface area (Å²) in [5.74, 6) is -1.05. The fourth-order valence-corrected chi connectivity index (χ4v) is 3.71. The van der Waals surface area contributed by atoms with Crippen LogP contribution in [-0.4, -0.2) is 33.9 Å². The summed E-state index contributed by atoms with van der Waals surface area (Å²) in [6, 6.07) is 10.4. The molecule has 0 aliphatic carbocycles. The number of nitrogens with one attached hydrogen (secondary N) is 2. The number of rotatable bonds is 6. The standard InChI is InChI=1S/C17H17ClN2O5S/c1-11-3-8-15(14(18)9-11)26(23,24)20-13-6-4-12(5-7-13)17(22)19-10-16(21)25-2/h3-9,20H,10H2,1-2H3,(H,19,22). The molecule has 0 heterocycles. The molecule has 0 spiro atoms. The van der Waals surface area contributed by atoms with Crippen LogP contribution in [0.15, 0.2) is 47.4 Å². The topological polar surface area (TPSA) is 102 Å². The molecular weight excluding hydrogens is 380 g/mol. The molecule has 2 rings (SSSR count). The van der Waals surface area contributed by atoms with Crippen molar-refractivity contribution in [3.63, 3.8) is 0 Å². The van der Waals surface area contributed by atoms with Crippen molar-refractivity contribution >= 4 is 39.2 Å². The smallest absolute Gasteiger partial charge is 0.325 e. The second-order valence-corrected chi connectivity index (χ2v) is 7.43. The molecule has 0 fully saturated rings. The van der Waals surface area contributed by atoms with Crippen molar-refractivity contribution in [3.8, 4) is 0 Å². The highest BCUT2D eigenvalue weighted by Crippen LogP contribution is 2.24. The average Bonchev–Trinajstić information content (AvgIpc) is 2.59. The zero-order valence-electron chi connectivity index (χ0n) is 14.1. The molecule has 0 aromatic heterocycles. The lowest BCUT2D eigenvalue weighted by Crippen LogP contribution is -2.30. The number of sulfonamides is 1. The number of carbonyl (C=O) groups excluding carboxylic acids is 2. The lowest BCUT2D eigenvalue weighted by molar-refractivity contribution is -0.139. The van der Waals surface area contributed by atoms with Crippen LogP contribution in [0.3, 0.4) is 0 Å². The normalized spacial score (nSPS) is 10.9. The fourth-order valence-electron chi connectivity index (χ4n) is 2.05. The first-order valence-electron chi connectivity index (χ1n) is 7.47. The average molecular weight is 397 g/mol. The molecule has 0 unspecified atom stereocenters. The third-order valence-electron chi connectivity index (χ3n) is 3.40. The number of halogens is 1. The Morgan fingerprint density at radius 3 is 2.35 bits per heavy atom. The van der Waals surface area contributed by atoms with E-state index in [9.17, 15) is 18.0 Å². The first-order chi connectivity index (χ1) is 12.2. The molecule has 9 heteroatoms. The third-order valence-corrected chi connectivity index (χ3v) is 5.26. The number of amides is 1. The number of hydrogen-bond donors (Lipinski definition) is 2. The first-order valence-corrected chi connectivity index (χ1v) is 9.33. The molecule has 0 atom stereocenters. The summed E-state index contributed by atoms with van der Waals surface area (Å²) in [4.78, 5) is 22.9. The van der Waals surface area contributed by atoms with Gasteiger partial charge in [0.2, 0.25) is 0 Å². The molecule has 0 aliphatic heterocycles. The molecule has 2 aromatic rings. The summed E-state index contributed by atoms with van der Waals surface area (Å²) in [5, 5.41) is 2.51. The van der Waals surface area contributed by atoms with Crippen LogP contribution >= 0.6 is 11.6 Å². The van der Waals surface area contributed by atoms with Crippen LogP contribution in [0.1, 0.15) is 15.9 Å². The van der Waals surface area contributed by atoms with Gasteiger partial charge in [-0.3, -0.25) is 14.3 Å². The number of ether oxygens (including phenoxy) is 1. The molecule has 0 radical (unpaired) electrons. The second kappa shape index (κ2) is 8.20. The number of aryl methyl sites for hydroxylation is 1. The number of methoxy groups -OCH3 is 1. The minimum atomic E-state index is -3.86. The zero-order valence-corrected chi connectivity index (χ0v) is 15.6. The molecule has 7 nitrogen and oxygen atoms in total.